The van der Waals surface area contributed by atoms with E-state index in [-0.39, 0.29) is 0 Å². The molecule has 0 amide bonds. The second-order valence-electron chi connectivity index (χ2n) is 4.05. The number of carboxylic acids is 1. The Hall–Kier alpha value is -2.17. The Morgan fingerprint density at radius 1 is 1.35 bits per heavy atom. The first-order chi connectivity index (χ1) is 7.99. The van der Waals surface area contributed by atoms with Gasteiger partial charge in [0.05, 0.1) is 5.52 Å². The van der Waals surface area contributed by atoms with Crippen LogP contribution in [-0.4, -0.2) is 26.1 Å². The van der Waals surface area contributed by atoms with Crippen molar-refractivity contribution >= 4 is 22.7 Å². The summed E-state index contributed by atoms with van der Waals surface area (Å²) in [6.45, 7) is 5.70. The highest BCUT2D eigenvalue weighted by atomic mass is 16.4. The van der Waals surface area contributed by atoms with Crippen molar-refractivity contribution in [2.45, 2.75) is 20.8 Å². The monoisotopic (exact) mass is 231 g/mol. The molecular formula is C12H13N3O2. The highest BCUT2D eigenvalue weighted by Crippen LogP contribution is 2.19. The molecule has 5 nitrogen and oxygen atoms in total. The second-order valence-corrected chi connectivity index (χ2v) is 4.05. The fourth-order valence-electron chi connectivity index (χ4n) is 1.68. The molecule has 1 N–H and O–H groups in total. The summed E-state index contributed by atoms with van der Waals surface area (Å²) in [5.41, 5.74) is 4.39. The third kappa shape index (κ3) is 2.04. The molecular weight excluding hydrogens is 218 g/mol. The molecule has 0 aliphatic heterocycles. The molecule has 0 saturated carbocycles. The zero-order valence-electron chi connectivity index (χ0n) is 9.93. The minimum Gasteiger partial charge on any atom is -0.478 e. The number of rotatable bonds is 2. The van der Waals surface area contributed by atoms with E-state index >= 15 is 0 Å². The largest absolute Gasteiger partial charge is 0.478 e. The summed E-state index contributed by atoms with van der Waals surface area (Å²) in [7, 11) is 0. The third-order valence-corrected chi connectivity index (χ3v) is 2.73. The van der Waals surface area contributed by atoms with Crippen molar-refractivity contribution in [3.63, 3.8) is 0 Å². The first-order valence-corrected chi connectivity index (χ1v) is 5.23. The number of hydrogen-bond donors (Lipinski definition) is 1. The molecule has 0 aliphatic carbocycles. The maximum absolute atomic E-state index is 10.6. The number of benzene rings is 1. The van der Waals surface area contributed by atoms with Crippen molar-refractivity contribution in [3.05, 3.63) is 29.3 Å². The lowest BCUT2D eigenvalue weighted by Crippen LogP contribution is -2.00. The molecule has 0 spiro atoms. The molecule has 0 fully saturated rings. The number of hydrogen-bond acceptors (Lipinski definition) is 3. The van der Waals surface area contributed by atoms with E-state index in [2.05, 4.69) is 10.3 Å². The van der Waals surface area contributed by atoms with Crippen LogP contribution in [0.2, 0.25) is 0 Å². The molecule has 0 saturated heterocycles. The van der Waals surface area contributed by atoms with Gasteiger partial charge in [-0.2, -0.15) is 0 Å². The van der Waals surface area contributed by atoms with Gasteiger partial charge in [0.2, 0.25) is 0 Å². The van der Waals surface area contributed by atoms with Gasteiger partial charge in [-0.3, -0.25) is 0 Å². The van der Waals surface area contributed by atoms with Gasteiger partial charge in [-0.05, 0) is 44.0 Å². The molecule has 17 heavy (non-hydrogen) atoms. The maximum Gasteiger partial charge on any atom is 0.330 e. The lowest BCUT2D eigenvalue weighted by atomic mass is 10.1. The van der Waals surface area contributed by atoms with E-state index in [0.717, 1.165) is 28.2 Å². The molecule has 1 aromatic heterocycles. The van der Waals surface area contributed by atoms with Crippen LogP contribution in [0, 0.1) is 13.8 Å². The summed E-state index contributed by atoms with van der Waals surface area (Å²) in [5, 5.41) is 16.7. The molecule has 2 rings (SSSR count). The van der Waals surface area contributed by atoms with Gasteiger partial charge in [0, 0.05) is 11.8 Å². The number of aliphatic carboxylic acids is 1. The van der Waals surface area contributed by atoms with E-state index < -0.39 is 5.97 Å². The first kappa shape index (κ1) is 11.3. The first-order valence-electron chi connectivity index (χ1n) is 5.23. The number of nitrogens with zero attached hydrogens (tertiary/aromatic N) is 3. The van der Waals surface area contributed by atoms with Gasteiger partial charge in [-0.1, -0.05) is 5.21 Å². The summed E-state index contributed by atoms with van der Waals surface area (Å²) < 4.78 is 1.54. The maximum atomic E-state index is 10.6. The summed E-state index contributed by atoms with van der Waals surface area (Å²) >= 11 is 0. The van der Waals surface area contributed by atoms with Gasteiger partial charge >= 0.3 is 5.97 Å². The molecule has 0 aliphatic rings. The second kappa shape index (κ2) is 4.01. The number of carboxylic acid groups (broad SMARTS) is 1. The quantitative estimate of drug-likeness (QED) is 0.802. The summed E-state index contributed by atoms with van der Waals surface area (Å²) in [4.78, 5) is 10.6. The number of aromatic nitrogens is 3. The predicted molar refractivity (Wildman–Crippen MR) is 64.6 cm³/mol. The molecule has 0 unspecified atom stereocenters. The zero-order valence-corrected chi connectivity index (χ0v) is 9.93. The van der Waals surface area contributed by atoms with Gasteiger partial charge in [-0.25, -0.2) is 9.48 Å². The Labute approximate surface area is 98.4 Å². The molecule has 2 aromatic rings. The highest BCUT2D eigenvalue weighted by Gasteiger charge is 2.08. The van der Waals surface area contributed by atoms with Gasteiger partial charge in [0.15, 0.2) is 0 Å². The van der Waals surface area contributed by atoms with E-state index in [4.69, 9.17) is 5.11 Å². The lowest BCUT2D eigenvalue weighted by Gasteiger charge is -2.03. The van der Waals surface area contributed by atoms with Crippen molar-refractivity contribution < 1.29 is 9.90 Å². The average molecular weight is 231 g/mol. The molecule has 1 aromatic carbocycles. The van der Waals surface area contributed by atoms with E-state index in [1.807, 2.05) is 26.0 Å². The van der Waals surface area contributed by atoms with Gasteiger partial charge in [0.1, 0.15) is 5.52 Å². The van der Waals surface area contributed by atoms with Crippen LogP contribution in [0.3, 0.4) is 0 Å². The summed E-state index contributed by atoms with van der Waals surface area (Å²) in [6, 6.07) is 3.91. The van der Waals surface area contributed by atoms with Gasteiger partial charge < -0.3 is 5.11 Å². The van der Waals surface area contributed by atoms with Crippen molar-refractivity contribution in [2.24, 2.45) is 0 Å². The Morgan fingerprint density at radius 3 is 2.65 bits per heavy atom. The highest BCUT2D eigenvalue weighted by molar-refractivity contribution is 5.88. The molecule has 0 atom stereocenters. The van der Waals surface area contributed by atoms with Crippen LogP contribution >= 0.6 is 0 Å². The van der Waals surface area contributed by atoms with Crippen LogP contribution < -0.4 is 0 Å². The zero-order chi connectivity index (χ0) is 12.6. The molecule has 5 heteroatoms. The van der Waals surface area contributed by atoms with E-state index in [0.29, 0.717) is 5.70 Å². The standard InChI is InChI=1S/C12H13N3O2/c1-7-4-10-11(5-8(7)2)15(14-13-10)9(3)6-12(16)17/h4-6H,1-3H3,(H,16,17)/b9-6+. The Kier molecular flexibility index (Phi) is 2.67. The van der Waals surface area contributed by atoms with Gasteiger partial charge in [-0.15, -0.1) is 5.10 Å². The predicted octanol–water partition coefficient (Wildman–Crippen LogP) is 1.99. The molecule has 88 valence electrons. The van der Waals surface area contributed by atoms with Crippen LogP contribution in [0.15, 0.2) is 18.2 Å². The summed E-state index contributed by atoms with van der Waals surface area (Å²) in [6.07, 6.45) is 1.11. The smallest absolute Gasteiger partial charge is 0.330 e. The Morgan fingerprint density at radius 2 is 2.00 bits per heavy atom. The van der Waals surface area contributed by atoms with Crippen molar-refractivity contribution in [3.8, 4) is 0 Å². The SMILES string of the molecule is C/C(=C\C(=O)O)n1nnc2cc(C)c(C)cc21. The normalized spacial score (nSPS) is 12.1. The van der Waals surface area contributed by atoms with E-state index in [1.165, 1.54) is 4.68 Å². The summed E-state index contributed by atoms with van der Waals surface area (Å²) in [5.74, 6) is -0.991. The van der Waals surface area contributed by atoms with Crippen molar-refractivity contribution in [1.29, 1.82) is 0 Å². The van der Waals surface area contributed by atoms with Crippen LogP contribution in [-0.2, 0) is 4.79 Å². The number of aryl methyl sites for hydroxylation is 2. The van der Waals surface area contributed by atoms with Crippen LogP contribution in [0.25, 0.3) is 16.7 Å². The average Bonchev–Trinajstić information content (AvgIpc) is 2.60. The number of carbonyl (C=O) groups is 1. The lowest BCUT2D eigenvalue weighted by molar-refractivity contribution is -0.131. The Balaban J connectivity index is 2.64. The number of fused-ring (bicyclic) bond motifs is 1. The minimum absolute atomic E-state index is 0.531. The van der Waals surface area contributed by atoms with Crippen LogP contribution in [0.4, 0.5) is 0 Å². The van der Waals surface area contributed by atoms with E-state index in [1.54, 1.807) is 6.92 Å². The molecule has 0 radical (unpaired) electrons. The molecule has 0 bridgehead atoms. The van der Waals surface area contributed by atoms with Crippen LogP contribution in [0.1, 0.15) is 18.1 Å². The van der Waals surface area contributed by atoms with Crippen molar-refractivity contribution in [1.82, 2.24) is 15.0 Å². The Bertz CT molecular complexity index is 626. The van der Waals surface area contributed by atoms with Crippen LogP contribution in [0.5, 0.6) is 0 Å². The van der Waals surface area contributed by atoms with Crippen molar-refractivity contribution in [2.75, 3.05) is 0 Å². The fraction of sp³-hybridized carbons (Fsp3) is 0.250. The van der Waals surface area contributed by atoms with Gasteiger partial charge in [0.25, 0.3) is 0 Å². The third-order valence-electron chi connectivity index (χ3n) is 2.73. The molecule has 1 heterocycles. The topological polar surface area (TPSA) is 68.0 Å². The van der Waals surface area contributed by atoms with E-state index in [9.17, 15) is 4.79 Å². The number of allylic oxidation sites excluding steroid dienone is 1. The minimum atomic E-state index is -0.991. The fourth-order valence-corrected chi connectivity index (χ4v) is 1.68.